The van der Waals surface area contributed by atoms with Gasteiger partial charge < -0.3 is 14.4 Å². The van der Waals surface area contributed by atoms with E-state index in [0.717, 1.165) is 31.0 Å². The van der Waals surface area contributed by atoms with E-state index in [-0.39, 0.29) is 18.8 Å². The molecule has 2 rings (SSSR count). The highest BCUT2D eigenvalue weighted by atomic mass is 19.4. The maximum Gasteiger partial charge on any atom is 0.419 e. The average Bonchev–Trinajstić information content (AvgIpc) is 3.08. The fourth-order valence-corrected chi connectivity index (χ4v) is 2.77. The van der Waals surface area contributed by atoms with Gasteiger partial charge in [-0.2, -0.15) is 18.3 Å². The maximum absolute atomic E-state index is 14.3. The first-order valence-corrected chi connectivity index (χ1v) is 9.01. The van der Waals surface area contributed by atoms with Crippen molar-refractivity contribution in [2.45, 2.75) is 32.5 Å². The van der Waals surface area contributed by atoms with Crippen molar-refractivity contribution >= 4 is 0 Å². The van der Waals surface area contributed by atoms with Gasteiger partial charge in [-0.15, -0.1) is 0 Å². The number of aromatic amines is 1. The molecule has 0 radical (unpaired) electrons. The second-order valence-electron chi connectivity index (χ2n) is 6.54. The van der Waals surface area contributed by atoms with Crippen molar-refractivity contribution in [3.63, 3.8) is 0 Å². The van der Waals surface area contributed by atoms with Crippen LogP contribution in [0.25, 0.3) is 11.3 Å². The number of benzene rings is 1. The highest BCUT2D eigenvalue weighted by molar-refractivity contribution is 5.66. The molecule has 0 bridgehead atoms. The fraction of sp³-hybridized carbons (Fsp3) is 0.526. The minimum absolute atomic E-state index is 0.0657. The summed E-state index contributed by atoms with van der Waals surface area (Å²) in [4.78, 5) is 2.06. The van der Waals surface area contributed by atoms with Crippen LogP contribution in [0.3, 0.4) is 0 Å². The van der Waals surface area contributed by atoms with E-state index < -0.39 is 23.3 Å². The van der Waals surface area contributed by atoms with Gasteiger partial charge in [-0.3, -0.25) is 5.10 Å². The summed E-state index contributed by atoms with van der Waals surface area (Å²) in [6.07, 6.45) is -1.23. The summed E-state index contributed by atoms with van der Waals surface area (Å²) in [6, 6.07) is 2.03. The zero-order valence-electron chi connectivity index (χ0n) is 16.2. The van der Waals surface area contributed by atoms with Crippen LogP contribution in [0.5, 0.6) is 5.75 Å². The molecule has 0 unspecified atom stereocenters. The number of alkyl halides is 3. The number of rotatable bonds is 10. The van der Waals surface area contributed by atoms with Crippen molar-refractivity contribution in [3.05, 3.63) is 35.3 Å². The first-order chi connectivity index (χ1) is 13.3. The van der Waals surface area contributed by atoms with E-state index in [1.165, 1.54) is 13.2 Å². The third-order valence-electron chi connectivity index (χ3n) is 4.23. The molecule has 1 aromatic heterocycles. The van der Waals surface area contributed by atoms with E-state index in [9.17, 15) is 17.6 Å². The Labute approximate surface area is 161 Å². The Kier molecular flexibility index (Phi) is 7.82. The standard InChI is InChI=1S/C19H25F4N3O2/c1-4-5-6-26(2)12-14-11-24-25-18(14)13-9-15(19(21,22)23)17(20)16(10-13)28-8-7-27-3/h9-11H,4-8,12H2,1-3H3,(H,24,25). The number of unbranched alkanes of at least 4 members (excludes halogenated alkanes) is 1. The summed E-state index contributed by atoms with van der Waals surface area (Å²) >= 11 is 0. The van der Waals surface area contributed by atoms with E-state index in [1.807, 2.05) is 7.05 Å². The molecule has 2 aromatic rings. The molecule has 1 heterocycles. The van der Waals surface area contributed by atoms with E-state index in [1.54, 1.807) is 6.20 Å². The van der Waals surface area contributed by atoms with Gasteiger partial charge in [0.05, 0.1) is 24.1 Å². The number of nitrogens with zero attached hydrogens (tertiary/aromatic N) is 2. The fourth-order valence-electron chi connectivity index (χ4n) is 2.77. The Bertz CT molecular complexity index is 762. The van der Waals surface area contributed by atoms with Crippen molar-refractivity contribution in [2.75, 3.05) is 33.9 Å². The molecule has 9 heteroatoms. The molecule has 0 saturated heterocycles. The van der Waals surface area contributed by atoms with Crippen LogP contribution in [-0.2, 0) is 17.5 Å². The average molecular weight is 403 g/mol. The van der Waals surface area contributed by atoms with Gasteiger partial charge in [-0.05, 0) is 32.1 Å². The van der Waals surface area contributed by atoms with Crippen molar-refractivity contribution < 1.29 is 27.0 Å². The second-order valence-corrected chi connectivity index (χ2v) is 6.54. The molecular formula is C19H25F4N3O2. The molecule has 0 aliphatic carbocycles. The van der Waals surface area contributed by atoms with Crippen LogP contribution in [0.15, 0.2) is 18.3 Å². The molecular weight excluding hydrogens is 378 g/mol. The van der Waals surface area contributed by atoms with Crippen LogP contribution in [0, 0.1) is 5.82 Å². The summed E-state index contributed by atoms with van der Waals surface area (Å²) < 4.78 is 64.3. The van der Waals surface area contributed by atoms with E-state index in [2.05, 4.69) is 22.0 Å². The minimum Gasteiger partial charge on any atom is -0.488 e. The topological polar surface area (TPSA) is 50.4 Å². The number of hydrogen-bond acceptors (Lipinski definition) is 4. The van der Waals surface area contributed by atoms with Gasteiger partial charge in [-0.25, -0.2) is 4.39 Å². The highest BCUT2D eigenvalue weighted by Crippen LogP contribution is 2.39. The van der Waals surface area contributed by atoms with Crippen LogP contribution in [-0.4, -0.2) is 49.0 Å². The molecule has 28 heavy (non-hydrogen) atoms. The Morgan fingerprint density at radius 1 is 1.21 bits per heavy atom. The number of halogens is 4. The first-order valence-electron chi connectivity index (χ1n) is 9.01. The van der Waals surface area contributed by atoms with Gasteiger partial charge >= 0.3 is 6.18 Å². The number of hydrogen-bond donors (Lipinski definition) is 1. The molecule has 1 N–H and O–H groups in total. The molecule has 0 saturated carbocycles. The van der Waals surface area contributed by atoms with Crippen LogP contribution >= 0.6 is 0 Å². The minimum atomic E-state index is -4.85. The van der Waals surface area contributed by atoms with Crippen molar-refractivity contribution in [1.29, 1.82) is 0 Å². The van der Waals surface area contributed by atoms with Gasteiger partial charge in [0, 0.05) is 24.8 Å². The Balaban J connectivity index is 2.40. The van der Waals surface area contributed by atoms with E-state index in [0.29, 0.717) is 12.2 Å². The SMILES string of the molecule is CCCCN(C)Cc1cn[nH]c1-c1cc(OCCOC)c(F)c(C(F)(F)F)c1. The monoisotopic (exact) mass is 403 g/mol. The van der Waals surface area contributed by atoms with Crippen molar-refractivity contribution in [1.82, 2.24) is 15.1 Å². The molecule has 156 valence electrons. The number of H-pyrrole nitrogens is 1. The third kappa shape index (κ3) is 5.68. The Morgan fingerprint density at radius 2 is 1.96 bits per heavy atom. The van der Waals surface area contributed by atoms with Gasteiger partial charge in [0.25, 0.3) is 0 Å². The molecule has 1 aromatic carbocycles. The molecule has 0 fully saturated rings. The summed E-state index contributed by atoms with van der Waals surface area (Å²) in [7, 11) is 3.35. The van der Waals surface area contributed by atoms with Crippen molar-refractivity contribution in [2.24, 2.45) is 0 Å². The molecule has 0 amide bonds. The predicted octanol–water partition coefficient (Wildman–Crippen LogP) is 4.49. The molecule has 0 spiro atoms. The third-order valence-corrected chi connectivity index (χ3v) is 4.23. The normalized spacial score (nSPS) is 12.0. The number of ether oxygens (including phenoxy) is 2. The largest absolute Gasteiger partial charge is 0.488 e. The van der Waals surface area contributed by atoms with Gasteiger partial charge in [-0.1, -0.05) is 13.3 Å². The van der Waals surface area contributed by atoms with Gasteiger partial charge in [0.1, 0.15) is 6.61 Å². The van der Waals surface area contributed by atoms with E-state index in [4.69, 9.17) is 9.47 Å². The molecule has 5 nitrogen and oxygen atoms in total. The quantitative estimate of drug-likeness (QED) is 0.469. The van der Waals surface area contributed by atoms with E-state index >= 15 is 0 Å². The lowest BCUT2D eigenvalue weighted by atomic mass is 10.0. The summed E-state index contributed by atoms with van der Waals surface area (Å²) in [5, 5.41) is 6.69. The summed E-state index contributed by atoms with van der Waals surface area (Å²) in [6.45, 7) is 3.50. The van der Waals surface area contributed by atoms with Crippen LogP contribution < -0.4 is 4.74 Å². The van der Waals surface area contributed by atoms with Crippen LogP contribution in [0.2, 0.25) is 0 Å². The Morgan fingerprint density at radius 3 is 2.61 bits per heavy atom. The number of methoxy groups -OCH3 is 1. The number of aromatic nitrogens is 2. The molecule has 0 aliphatic rings. The predicted molar refractivity (Wildman–Crippen MR) is 97.6 cm³/mol. The first kappa shape index (κ1) is 22.2. The van der Waals surface area contributed by atoms with Gasteiger partial charge in [0.2, 0.25) is 0 Å². The molecule has 0 aliphatic heterocycles. The lowest BCUT2D eigenvalue weighted by molar-refractivity contribution is -0.140. The maximum atomic E-state index is 14.3. The van der Waals surface area contributed by atoms with Gasteiger partial charge in [0.15, 0.2) is 11.6 Å². The molecule has 0 atom stereocenters. The van der Waals surface area contributed by atoms with Crippen molar-refractivity contribution in [3.8, 4) is 17.0 Å². The lowest BCUT2D eigenvalue weighted by Crippen LogP contribution is -2.19. The summed E-state index contributed by atoms with van der Waals surface area (Å²) in [5.74, 6) is -1.91. The lowest BCUT2D eigenvalue weighted by Gasteiger charge is -2.17. The van der Waals surface area contributed by atoms with Crippen LogP contribution in [0.4, 0.5) is 17.6 Å². The second kappa shape index (κ2) is 9.88. The summed E-state index contributed by atoms with van der Waals surface area (Å²) in [5.41, 5.74) is -0.0820. The zero-order valence-corrected chi connectivity index (χ0v) is 16.2. The van der Waals surface area contributed by atoms with Crippen LogP contribution in [0.1, 0.15) is 30.9 Å². The number of nitrogens with one attached hydrogen (secondary N) is 1. The smallest absolute Gasteiger partial charge is 0.419 e. The highest BCUT2D eigenvalue weighted by Gasteiger charge is 2.36. The Hall–Kier alpha value is -2.13. The zero-order chi connectivity index (χ0) is 20.7.